The van der Waals surface area contributed by atoms with Crippen LogP contribution < -0.4 is 5.32 Å². The van der Waals surface area contributed by atoms with E-state index in [9.17, 15) is 0 Å². The maximum absolute atomic E-state index is 5.97. The fraction of sp³-hybridized carbons (Fsp3) is 0.714. The van der Waals surface area contributed by atoms with E-state index in [4.69, 9.17) is 11.6 Å². The summed E-state index contributed by atoms with van der Waals surface area (Å²) in [7, 11) is 2.08. The SMILES string of the molecule is CNC(CCC1CCCC1)Cc1ccc(Cl)s1. The third kappa shape index (κ3) is 4.27. The molecule has 0 amide bonds. The number of likely N-dealkylation sites (N-methyl/N-ethyl adjacent to an activating group) is 1. The van der Waals surface area contributed by atoms with Crippen LogP contribution in [0.25, 0.3) is 0 Å². The molecule has 0 spiro atoms. The van der Waals surface area contributed by atoms with Crippen molar-refractivity contribution in [1.82, 2.24) is 5.32 Å². The van der Waals surface area contributed by atoms with Crippen LogP contribution in [0.5, 0.6) is 0 Å². The molecule has 1 aliphatic rings. The van der Waals surface area contributed by atoms with E-state index >= 15 is 0 Å². The van der Waals surface area contributed by atoms with Crippen molar-refractivity contribution >= 4 is 22.9 Å². The number of hydrogen-bond donors (Lipinski definition) is 1. The Kier molecular flexibility index (Phi) is 5.33. The first-order chi connectivity index (χ1) is 8.28. The molecule has 1 unspecified atom stereocenters. The van der Waals surface area contributed by atoms with Gasteiger partial charge in [0.25, 0.3) is 0 Å². The van der Waals surface area contributed by atoms with Crippen molar-refractivity contribution in [2.75, 3.05) is 7.05 Å². The molecule has 0 aliphatic heterocycles. The summed E-state index contributed by atoms with van der Waals surface area (Å²) < 4.78 is 0.908. The van der Waals surface area contributed by atoms with Crippen LogP contribution in [0.4, 0.5) is 0 Å². The summed E-state index contributed by atoms with van der Waals surface area (Å²) in [6.07, 6.45) is 9.65. The van der Waals surface area contributed by atoms with Crippen LogP contribution in [0, 0.1) is 5.92 Å². The second-order valence-corrected chi connectivity index (χ2v) is 6.92. The van der Waals surface area contributed by atoms with Gasteiger partial charge in [-0.05, 0) is 44.4 Å². The first kappa shape index (κ1) is 13.4. The maximum Gasteiger partial charge on any atom is 0.0931 e. The lowest BCUT2D eigenvalue weighted by molar-refractivity contribution is 0.419. The summed E-state index contributed by atoms with van der Waals surface area (Å²) in [6, 6.07) is 4.78. The Morgan fingerprint density at radius 1 is 1.41 bits per heavy atom. The first-order valence-electron chi connectivity index (χ1n) is 6.69. The van der Waals surface area contributed by atoms with Crippen molar-refractivity contribution in [2.24, 2.45) is 5.92 Å². The highest BCUT2D eigenvalue weighted by atomic mass is 35.5. The van der Waals surface area contributed by atoms with Crippen LogP contribution in [0.15, 0.2) is 12.1 Å². The van der Waals surface area contributed by atoms with Crippen LogP contribution in [0.1, 0.15) is 43.4 Å². The summed E-state index contributed by atoms with van der Waals surface area (Å²) in [5.41, 5.74) is 0. The van der Waals surface area contributed by atoms with Gasteiger partial charge in [0.05, 0.1) is 4.34 Å². The minimum atomic E-state index is 0.616. The van der Waals surface area contributed by atoms with Gasteiger partial charge in [0.2, 0.25) is 0 Å². The van der Waals surface area contributed by atoms with Crippen molar-refractivity contribution in [3.05, 3.63) is 21.3 Å². The molecule has 1 aliphatic carbocycles. The lowest BCUT2D eigenvalue weighted by Crippen LogP contribution is -2.27. The molecule has 3 heteroatoms. The fourth-order valence-electron chi connectivity index (χ4n) is 2.79. The predicted molar refractivity (Wildman–Crippen MR) is 77.1 cm³/mol. The molecule has 1 heterocycles. The monoisotopic (exact) mass is 271 g/mol. The van der Waals surface area contributed by atoms with E-state index in [-0.39, 0.29) is 0 Å². The lowest BCUT2D eigenvalue weighted by atomic mass is 9.97. The van der Waals surface area contributed by atoms with E-state index in [1.807, 2.05) is 6.07 Å². The van der Waals surface area contributed by atoms with Gasteiger partial charge in [-0.2, -0.15) is 0 Å². The standard InChI is InChI=1S/C14H22ClNS/c1-16-12(7-6-11-4-2-3-5-11)10-13-8-9-14(15)17-13/h8-9,11-12,16H,2-7,10H2,1H3. The van der Waals surface area contributed by atoms with Gasteiger partial charge in [0, 0.05) is 10.9 Å². The normalized spacial score (nSPS) is 18.7. The van der Waals surface area contributed by atoms with Crippen molar-refractivity contribution in [3.63, 3.8) is 0 Å². The van der Waals surface area contributed by atoms with Crippen LogP contribution in [-0.2, 0) is 6.42 Å². The summed E-state index contributed by atoms with van der Waals surface area (Å²) in [5, 5.41) is 3.45. The van der Waals surface area contributed by atoms with Gasteiger partial charge < -0.3 is 5.32 Å². The number of halogens is 1. The molecule has 0 aromatic carbocycles. The second-order valence-electron chi connectivity index (χ2n) is 5.12. The van der Waals surface area contributed by atoms with Crippen molar-refractivity contribution < 1.29 is 0 Å². The average molecular weight is 272 g/mol. The largest absolute Gasteiger partial charge is 0.317 e. The van der Waals surface area contributed by atoms with Gasteiger partial charge in [0.15, 0.2) is 0 Å². The molecule has 1 N–H and O–H groups in total. The van der Waals surface area contributed by atoms with Crippen molar-refractivity contribution in [3.8, 4) is 0 Å². The fourth-order valence-corrected chi connectivity index (χ4v) is 3.96. The van der Waals surface area contributed by atoms with E-state index in [0.717, 1.165) is 16.7 Å². The van der Waals surface area contributed by atoms with E-state index in [1.165, 1.54) is 43.4 Å². The van der Waals surface area contributed by atoms with E-state index in [2.05, 4.69) is 18.4 Å². The molecular weight excluding hydrogens is 250 g/mol. The topological polar surface area (TPSA) is 12.0 Å². The van der Waals surface area contributed by atoms with Gasteiger partial charge in [-0.1, -0.05) is 37.3 Å². The summed E-state index contributed by atoms with van der Waals surface area (Å²) in [5.74, 6) is 0.998. The zero-order chi connectivity index (χ0) is 12.1. The van der Waals surface area contributed by atoms with Crippen LogP contribution >= 0.6 is 22.9 Å². The van der Waals surface area contributed by atoms with E-state index in [1.54, 1.807) is 11.3 Å². The number of rotatable bonds is 6. The Morgan fingerprint density at radius 2 is 2.18 bits per heavy atom. The summed E-state index contributed by atoms with van der Waals surface area (Å²) in [6.45, 7) is 0. The highest BCUT2D eigenvalue weighted by molar-refractivity contribution is 7.16. The molecule has 0 bridgehead atoms. The Morgan fingerprint density at radius 3 is 2.76 bits per heavy atom. The quantitative estimate of drug-likeness (QED) is 0.803. The lowest BCUT2D eigenvalue weighted by Gasteiger charge is -2.17. The molecule has 2 rings (SSSR count). The van der Waals surface area contributed by atoms with Gasteiger partial charge in [-0.15, -0.1) is 11.3 Å². The van der Waals surface area contributed by atoms with Crippen LogP contribution in [0.3, 0.4) is 0 Å². The molecule has 96 valence electrons. The molecule has 0 saturated heterocycles. The number of nitrogens with one attached hydrogen (secondary N) is 1. The van der Waals surface area contributed by atoms with Crippen molar-refractivity contribution in [1.29, 1.82) is 0 Å². The molecule has 1 fully saturated rings. The number of thiophene rings is 1. The molecule has 0 radical (unpaired) electrons. The van der Waals surface area contributed by atoms with Crippen molar-refractivity contribution in [2.45, 2.75) is 51.0 Å². The number of hydrogen-bond acceptors (Lipinski definition) is 2. The van der Waals surface area contributed by atoms with Crippen LogP contribution in [0.2, 0.25) is 4.34 Å². The summed E-state index contributed by atoms with van der Waals surface area (Å²) >= 11 is 7.68. The maximum atomic E-state index is 5.97. The molecule has 1 atom stereocenters. The van der Waals surface area contributed by atoms with Gasteiger partial charge in [-0.3, -0.25) is 0 Å². The Labute approximate surface area is 114 Å². The smallest absolute Gasteiger partial charge is 0.0931 e. The average Bonchev–Trinajstić information content (AvgIpc) is 2.96. The molecule has 1 aromatic heterocycles. The van der Waals surface area contributed by atoms with Gasteiger partial charge in [0.1, 0.15) is 0 Å². The van der Waals surface area contributed by atoms with Crippen LogP contribution in [-0.4, -0.2) is 13.1 Å². The minimum Gasteiger partial charge on any atom is -0.317 e. The third-order valence-electron chi connectivity index (χ3n) is 3.88. The minimum absolute atomic E-state index is 0.616. The molecule has 17 heavy (non-hydrogen) atoms. The first-order valence-corrected chi connectivity index (χ1v) is 7.89. The third-order valence-corrected chi connectivity index (χ3v) is 5.14. The zero-order valence-electron chi connectivity index (χ0n) is 10.5. The molecule has 1 nitrogen and oxygen atoms in total. The van der Waals surface area contributed by atoms with Gasteiger partial charge >= 0.3 is 0 Å². The van der Waals surface area contributed by atoms with E-state index in [0.29, 0.717) is 6.04 Å². The van der Waals surface area contributed by atoms with E-state index < -0.39 is 0 Å². The molecule has 1 aromatic rings. The Bertz CT molecular complexity index is 331. The predicted octanol–water partition coefficient (Wildman–Crippen LogP) is 4.50. The molecular formula is C14H22ClNS. The van der Waals surface area contributed by atoms with Gasteiger partial charge in [-0.25, -0.2) is 0 Å². The highest BCUT2D eigenvalue weighted by Gasteiger charge is 2.17. The zero-order valence-corrected chi connectivity index (χ0v) is 12.1. The Hall–Kier alpha value is -0.0500. The second kappa shape index (κ2) is 6.77. The summed E-state index contributed by atoms with van der Waals surface area (Å²) in [4.78, 5) is 1.40. The highest BCUT2D eigenvalue weighted by Crippen LogP contribution is 2.30. The molecule has 1 saturated carbocycles. The Balaban J connectivity index is 1.75.